The van der Waals surface area contributed by atoms with Crippen molar-refractivity contribution in [1.82, 2.24) is 0 Å². The fourth-order valence-electron chi connectivity index (χ4n) is 4.83. The molecule has 0 aliphatic heterocycles. The predicted molar refractivity (Wildman–Crippen MR) is 165 cm³/mol. The van der Waals surface area contributed by atoms with Crippen molar-refractivity contribution in [1.29, 1.82) is 0 Å². The van der Waals surface area contributed by atoms with E-state index in [2.05, 4.69) is 62.4 Å². The molecule has 5 aromatic rings. The second-order valence-electron chi connectivity index (χ2n) is 10.5. The van der Waals surface area contributed by atoms with E-state index >= 15 is 0 Å². The number of ether oxygens (including phenoxy) is 2. The van der Waals surface area contributed by atoms with E-state index in [1.165, 1.54) is 22.3 Å². The van der Waals surface area contributed by atoms with E-state index in [1.807, 2.05) is 72.8 Å². The molecular weight excluding hydrogens is 492 g/mol. The summed E-state index contributed by atoms with van der Waals surface area (Å²) in [5, 5.41) is 0. The second-order valence-corrected chi connectivity index (χ2v) is 10.5. The average Bonchev–Trinajstić information content (AvgIpc) is 2.97. The molecule has 0 radical (unpaired) electrons. The summed E-state index contributed by atoms with van der Waals surface area (Å²) in [5.41, 5.74) is 18.2. The van der Waals surface area contributed by atoms with Crippen LogP contribution in [0.4, 0.5) is 11.4 Å². The van der Waals surface area contributed by atoms with Crippen LogP contribution >= 0.6 is 0 Å². The van der Waals surface area contributed by atoms with E-state index < -0.39 is 0 Å². The van der Waals surface area contributed by atoms with Crippen molar-refractivity contribution >= 4 is 11.4 Å². The fourth-order valence-corrected chi connectivity index (χ4v) is 4.83. The van der Waals surface area contributed by atoms with E-state index in [0.29, 0.717) is 11.8 Å². The summed E-state index contributed by atoms with van der Waals surface area (Å²) in [4.78, 5) is 0. The Hall–Kier alpha value is -4.70. The van der Waals surface area contributed by atoms with Crippen LogP contribution in [-0.4, -0.2) is 0 Å². The summed E-state index contributed by atoms with van der Waals surface area (Å²) in [6.45, 7) is 4.57. The van der Waals surface area contributed by atoms with Crippen molar-refractivity contribution in [2.24, 2.45) is 0 Å². The van der Waals surface area contributed by atoms with Crippen LogP contribution in [0.2, 0.25) is 0 Å². The Labute approximate surface area is 237 Å². The first-order valence-corrected chi connectivity index (χ1v) is 13.8. The van der Waals surface area contributed by atoms with Gasteiger partial charge in [0.15, 0.2) is 0 Å². The van der Waals surface area contributed by atoms with Gasteiger partial charge >= 0.3 is 0 Å². The van der Waals surface area contributed by atoms with Gasteiger partial charge in [-0.15, -0.1) is 0 Å². The molecule has 0 spiro atoms. The standard InChI is InChI=1S/C36H36N2O2/c1-25(23-27-3-15-33(16-4-27)39-35-19-11-31(37)12-20-35)29-7-9-30(10-8-29)26(2)24-28-5-17-34(18-6-28)40-36-21-13-32(38)14-22-36/h3-22,25-26H,23-24,37-38H2,1-2H3. The molecule has 0 amide bonds. The van der Waals surface area contributed by atoms with Gasteiger partial charge in [0.05, 0.1) is 0 Å². The Bertz CT molecular complexity index is 1370. The van der Waals surface area contributed by atoms with Gasteiger partial charge in [0.2, 0.25) is 0 Å². The van der Waals surface area contributed by atoms with Gasteiger partial charge in [-0.3, -0.25) is 0 Å². The number of benzene rings is 5. The minimum absolute atomic E-state index is 0.418. The van der Waals surface area contributed by atoms with Crippen LogP contribution in [0.3, 0.4) is 0 Å². The van der Waals surface area contributed by atoms with Gasteiger partial charge in [-0.2, -0.15) is 0 Å². The molecule has 0 heterocycles. The third-order valence-corrected chi connectivity index (χ3v) is 7.24. The fraction of sp³-hybridized carbons (Fsp3) is 0.167. The monoisotopic (exact) mass is 528 g/mol. The van der Waals surface area contributed by atoms with Crippen LogP contribution in [0.15, 0.2) is 121 Å². The van der Waals surface area contributed by atoms with E-state index in [1.54, 1.807) is 0 Å². The summed E-state index contributed by atoms with van der Waals surface area (Å²) in [6.07, 6.45) is 1.95. The largest absolute Gasteiger partial charge is 0.457 e. The molecule has 5 rings (SSSR count). The molecule has 2 unspecified atom stereocenters. The van der Waals surface area contributed by atoms with Crippen molar-refractivity contribution in [2.75, 3.05) is 11.5 Å². The van der Waals surface area contributed by atoms with Gasteiger partial charge in [0.1, 0.15) is 23.0 Å². The maximum Gasteiger partial charge on any atom is 0.127 e. The zero-order chi connectivity index (χ0) is 27.9. The van der Waals surface area contributed by atoms with E-state index in [4.69, 9.17) is 20.9 Å². The third kappa shape index (κ3) is 7.23. The molecule has 4 nitrogen and oxygen atoms in total. The Kier molecular flexibility index (Phi) is 8.36. The predicted octanol–water partition coefficient (Wildman–Crippen LogP) is 9.13. The Balaban J connectivity index is 1.13. The normalized spacial score (nSPS) is 12.4. The molecule has 0 saturated heterocycles. The third-order valence-electron chi connectivity index (χ3n) is 7.24. The van der Waals surface area contributed by atoms with Gasteiger partial charge in [-0.25, -0.2) is 0 Å². The first kappa shape index (κ1) is 26.9. The maximum atomic E-state index is 5.92. The van der Waals surface area contributed by atoms with Gasteiger partial charge < -0.3 is 20.9 Å². The molecule has 0 aromatic heterocycles. The molecule has 0 bridgehead atoms. The number of hydrogen-bond donors (Lipinski definition) is 2. The number of anilines is 2. The van der Waals surface area contributed by atoms with Gasteiger partial charge in [-0.05, 0) is 120 Å². The van der Waals surface area contributed by atoms with Crippen LogP contribution in [0.25, 0.3) is 0 Å². The van der Waals surface area contributed by atoms with E-state index in [0.717, 1.165) is 47.2 Å². The van der Waals surface area contributed by atoms with E-state index in [9.17, 15) is 0 Å². The molecule has 0 aliphatic carbocycles. The van der Waals surface area contributed by atoms with Crippen molar-refractivity contribution in [3.05, 3.63) is 144 Å². The highest BCUT2D eigenvalue weighted by Gasteiger charge is 2.11. The lowest BCUT2D eigenvalue weighted by molar-refractivity contribution is 0.482. The van der Waals surface area contributed by atoms with Crippen LogP contribution in [0.5, 0.6) is 23.0 Å². The zero-order valence-electron chi connectivity index (χ0n) is 23.1. The molecule has 202 valence electrons. The molecule has 5 aromatic carbocycles. The summed E-state index contributed by atoms with van der Waals surface area (Å²) >= 11 is 0. The Morgan fingerprint density at radius 2 is 0.700 bits per heavy atom. The van der Waals surface area contributed by atoms with Crippen LogP contribution in [-0.2, 0) is 12.8 Å². The zero-order valence-corrected chi connectivity index (χ0v) is 23.1. The summed E-state index contributed by atoms with van der Waals surface area (Å²) in [5.74, 6) is 4.05. The van der Waals surface area contributed by atoms with E-state index in [-0.39, 0.29) is 0 Å². The highest BCUT2D eigenvalue weighted by atomic mass is 16.5. The van der Waals surface area contributed by atoms with Crippen molar-refractivity contribution in [3.8, 4) is 23.0 Å². The second kappa shape index (κ2) is 12.4. The Morgan fingerprint density at radius 1 is 0.425 bits per heavy atom. The van der Waals surface area contributed by atoms with Crippen molar-refractivity contribution in [3.63, 3.8) is 0 Å². The summed E-state index contributed by atoms with van der Waals surface area (Å²) in [7, 11) is 0. The summed E-state index contributed by atoms with van der Waals surface area (Å²) < 4.78 is 11.8. The molecule has 4 heteroatoms. The topological polar surface area (TPSA) is 70.5 Å². The molecule has 4 N–H and O–H groups in total. The highest BCUT2D eigenvalue weighted by Crippen LogP contribution is 2.28. The molecule has 40 heavy (non-hydrogen) atoms. The quantitative estimate of drug-likeness (QED) is 0.177. The lowest BCUT2D eigenvalue weighted by atomic mass is 9.89. The minimum atomic E-state index is 0.418. The number of nitrogen functional groups attached to an aromatic ring is 2. The smallest absolute Gasteiger partial charge is 0.127 e. The Morgan fingerprint density at radius 3 is 1.00 bits per heavy atom. The summed E-state index contributed by atoms with van der Waals surface area (Å²) in [6, 6.07) is 40.7. The lowest BCUT2D eigenvalue weighted by Crippen LogP contribution is -2.01. The van der Waals surface area contributed by atoms with Crippen LogP contribution in [0, 0.1) is 0 Å². The first-order valence-electron chi connectivity index (χ1n) is 13.8. The molecule has 0 fully saturated rings. The molecular formula is C36H36N2O2. The lowest BCUT2D eigenvalue weighted by Gasteiger charge is -2.16. The first-order chi connectivity index (χ1) is 19.4. The molecule has 2 atom stereocenters. The number of rotatable bonds is 10. The van der Waals surface area contributed by atoms with Gasteiger partial charge in [0, 0.05) is 11.4 Å². The van der Waals surface area contributed by atoms with Gasteiger partial charge in [0.25, 0.3) is 0 Å². The van der Waals surface area contributed by atoms with Crippen molar-refractivity contribution in [2.45, 2.75) is 38.5 Å². The van der Waals surface area contributed by atoms with Crippen LogP contribution < -0.4 is 20.9 Å². The van der Waals surface area contributed by atoms with Gasteiger partial charge in [-0.1, -0.05) is 62.4 Å². The SMILES string of the molecule is CC(Cc1ccc(Oc2ccc(N)cc2)cc1)c1ccc(C(C)Cc2ccc(Oc3ccc(N)cc3)cc2)cc1. The average molecular weight is 529 g/mol. The van der Waals surface area contributed by atoms with Crippen LogP contribution in [0.1, 0.15) is 47.9 Å². The van der Waals surface area contributed by atoms with Crippen molar-refractivity contribution < 1.29 is 9.47 Å². The number of nitrogens with two attached hydrogens (primary N) is 2. The molecule has 0 saturated carbocycles. The highest BCUT2D eigenvalue weighted by molar-refractivity contribution is 5.44. The minimum Gasteiger partial charge on any atom is -0.457 e. The number of hydrogen-bond acceptors (Lipinski definition) is 4. The maximum absolute atomic E-state index is 5.92. The molecule has 0 aliphatic rings.